The molecule has 1 N–H and O–H groups in total. The van der Waals surface area contributed by atoms with Crippen LogP contribution in [-0.4, -0.2) is 27.8 Å². The van der Waals surface area contributed by atoms with E-state index in [0.29, 0.717) is 11.3 Å². The lowest BCUT2D eigenvalue weighted by Gasteiger charge is -2.14. The first-order chi connectivity index (χ1) is 13.6. The summed E-state index contributed by atoms with van der Waals surface area (Å²) in [7, 11) is 1.61. The van der Waals surface area contributed by atoms with Crippen LogP contribution in [0.15, 0.2) is 59.5 Å². The van der Waals surface area contributed by atoms with E-state index in [2.05, 4.69) is 15.4 Å². The van der Waals surface area contributed by atoms with E-state index in [-0.39, 0.29) is 11.9 Å². The van der Waals surface area contributed by atoms with Gasteiger partial charge in [-0.1, -0.05) is 12.1 Å². The van der Waals surface area contributed by atoms with E-state index in [1.54, 1.807) is 18.1 Å². The van der Waals surface area contributed by atoms with Crippen molar-refractivity contribution in [3.05, 3.63) is 72.0 Å². The van der Waals surface area contributed by atoms with Gasteiger partial charge in [0.05, 0.1) is 18.8 Å². The number of benzene rings is 2. The number of carbonyl (C=O) groups is 1. The number of methoxy groups -OCH3 is 1. The monoisotopic (exact) mass is 376 g/mol. The second-order valence-electron chi connectivity index (χ2n) is 6.55. The summed E-state index contributed by atoms with van der Waals surface area (Å²) in [5.74, 6) is 0.791. The highest BCUT2D eigenvalue weighted by molar-refractivity contribution is 5.99. The second-order valence-corrected chi connectivity index (χ2v) is 6.55. The van der Waals surface area contributed by atoms with Crippen LogP contribution in [0.1, 0.15) is 34.6 Å². The molecule has 0 saturated heterocycles. The number of rotatable bonds is 5. The van der Waals surface area contributed by atoms with E-state index in [1.165, 1.54) is 6.33 Å². The number of nitrogens with zero attached hydrogens (tertiary/aromatic N) is 3. The molecular formula is C21H20N4O3. The van der Waals surface area contributed by atoms with Gasteiger partial charge in [0.1, 0.15) is 24.0 Å². The molecule has 0 saturated carbocycles. The fourth-order valence-electron chi connectivity index (χ4n) is 3.15. The molecular weight excluding hydrogens is 356 g/mol. The predicted molar refractivity (Wildman–Crippen MR) is 105 cm³/mol. The van der Waals surface area contributed by atoms with Gasteiger partial charge in [0.2, 0.25) is 0 Å². The van der Waals surface area contributed by atoms with Gasteiger partial charge >= 0.3 is 0 Å². The third-order valence-corrected chi connectivity index (χ3v) is 4.77. The van der Waals surface area contributed by atoms with Crippen molar-refractivity contribution < 1.29 is 13.9 Å². The Labute approximate surface area is 161 Å². The molecule has 2 heterocycles. The molecule has 0 spiro atoms. The number of nitrogens with one attached hydrogen (secondary N) is 1. The highest BCUT2D eigenvalue weighted by Gasteiger charge is 2.20. The SMILES string of the molecule is COc1ccc2oc(C(=O)N[C@@H](C)c3ccc(-n4cncn4)cc3)c(C)c2c1. The molecule has 0 aliphatic rings. The van der Waals surface area contributed by atoms with Crippen LogP contribution in [0.25, 0.3) is 16.7 Å². The molecule has 0 fully saturated rings. The van der Waals surface area contributed by atoms with Crippen molar-refractivity contribution in [1.82, 2.24) is 20.1 Å². The minimum atomic E-state index is -0.250. The van der Waals surface area contributed by atoms with Crippen LogP contribution in [0.5, 0.6) is 5.75 Å². The van der Waals surface area contributed by atoms with Gasteiger partial charge in [0, 0.05) is 10.9 Å². The Balaban J connectivity index is 1.53. The maximum Gasteiger partial charge on any atom is 0.287 e. The average Bonchev–Trinajstić information content (AvgIpc) is 3.36. The van der Waals surface area contributed by atoms with E-state index < -0.39 is 0 Å². The number of amides is 1. The smallest absolute Gasteiger partial charge is 0.287 e. The number of hydrogen-bond acceptors (Lipinski definition) is 5. The molecule has 0 aliphatic carbocycles. The Morgan fingerprint density at radius 1 is 1.21 bits per heavy atom. The number of aryl methyl sites for hydroxylation is 1. The molecule has 2 aromatic carbocycles. The van der Waals surface area contributed by atoms with Gasteiger partial charge < -0.3 is 14.5 Å². The fourth-order valence-corrected chi connectivity index (χ4v) is 3.15. The molecule has 4 aromatic rings. The Morgan fingerprint density at radius 2 is 2.00 bits per heavy atom. The first-order valence-electron chi connectivity index (χ1n) is 8.90. The van der Waals surface area contributed by atoms with Gasteiger partial charge in [-0.3, -0.25) is 4.79 Å². The third kappa shape index (κ3) is 3.22. The van der Waals surface area contributed by atoms with Crippen molar-refractivity contribution in [3.63, 3.8) is 0 Å². The summed E-state index contributed by atoms with van der Waals surface area (Å²) in [6.45, 7) is 3.81. The Morgan fingerprint density at radius 3 is 2.68 bits per heavy atom. The molecule has 7 heteroatoms. The maximum atomic E-state index is 12.8. The minimum absolute atomic E-state index is 0.181. The molecule has 7 nitrogen and oxygen atoms in total. The lowest BCUT2D eigenvalue weighted by atomic mass is 10.1. The third-order valence-electron chi connectivity index (χ3n) is 4.77. The molecule has 142 valence electrons. The van der Waals surface area contributed by atoms with Gasteiger partial charge in [0.25, 0.3) is 5.91 Å². The number of fused-ring (bicyclic) bond motifs is 1. The van der Waals surface area contributed by atoms with Crippen LogP contribution in [0.4, 0.5) is 0 Å². The molecule has 2 aromatic heterocycles. The van der Waals surface area contributed by atoms with E-state index in [9.17, 15) is 4.79 Å². The minimum Gasteiger partial charge on any atom is -0.497 e. The normalized spacial score (nSPS) is 12.1. The second kappa shape index (κ2) is 7.19. The summed E-state index contributed by atoms with van der Waals surface area (Å²) in [6, 6.07) is 13.1. The number of hydrogen-bond donors (Lipinski definition) is 1. The van der Waals surface area contributed by atoms with E-state index in [4.69, 9.17) is 9.15 Å². The quantitative estimate of drug-likeness (QED) is 0.573. The number of carbonyl (C=O) groups excluding carboxylic acids is 1. The van der Waals surface area contributed by atoms with E-state index >= 15 is 0 Å². The molecule has 1 atom stereocenters. The zero-order valence-electron chi connectivity index (χ0n) is 15.8. The van der Waals surface area contributed by atoms with Gasteiger partial charge in [-0.15, -0.1) is 0 Å². The molecule has 0 radical (unpaired) electrons. The number of ether oxygens (including phenoxy) is 1. The van der Waals surface area contributed by atoms with Crippen LogP contribution in [0, 0.1) is 6.92 Å². The van der Waals surface area contributed by atoms with Crippen molar-refractivity contribution in [1.29, 1.82) is 0 Å². The predicted octanol–water partition coefficient (Wildman–Crippen LogP) is 3.82. The van der Waals surface area contributed by atoms with Crippen molar-refractivity contribution in [3.8, 4) is 11.4 Å². The molecule has 1 amide bonds. The first kappa shape index (κ1) is 17.8. The summed E-state index contributed by atoms with van der Waals surface area (Å²) >= 11 is 0. The van der Waals surface area contributed by atoms with E-state index in [1.807, 2.05) is 56.3 Å². The molecule has 28 heavy (non-hydrogen) atoms. The number of furan rings is 1. The van der Waals surface area contributed by atoms with Gasteiger partial charge in [-0.05, 0) is 49.7 Å². The van der Waals surface area contributed by atoms with Crippen molar-refractivity contribution in [2.24, 2.45) is 0 Å². The van der Waals surface area contributed by atoms with E-state index in [0.717, 1.165) is 28.0 Å². The van der Waals surface area contributed by atoms with Crippen LogP contribution >= 0.6 is 0 Å². The molecule has 0 aliphatic heterocycles. The average molecular weight is 376 g/mol. The van der Waals surface area contributed by atoms with Gasteiger partial charge in [0.15, 0.2) is 5.76 Å². The van der Waals surface area contributed by atoms with Crippen LogP contribution in [-0.2, 0) is 0 Å². The standard InChI is InChI=1S/C21H20N4O3/c1-13-18-10-17(27-3)8-9-19(18)28-20(13)21(26)24-14(2)15-4-6-16(7-5-15)25-12-22-11-23-25/h4-12,14H,1-3H3,(H,24,26)/t14-/m0/s1. The lowest BCUT2D eigenvalue weighted by Crippen LogP contribution is -2.26. The van der Waals surface area contributed by atoms with Crippen LogP contribution in [0.3, 0.4) is 0 Å². The van der Waals surface area contributed by atoms with Crippen LogP contribution in [0.2, 0.25) is 0 Å². The fraction of sp³-hybridized carbons (Fsp3) is 0.190. The Bertz CT molecular complexity index is 1110. The summed E-state index contributed by atoms with van der Waals surface area (Å²) in [4.78, 5) is 16.7. The summed E-state index contributed by atoms with van der Waals surface area (Å²) in [5, 5.41) is 7.97. The largest absolute Gasteiger partial charge is 0.497 e. The summed E-state index contributed by atoms with van der Waals surface area (Å²) in [5.41, 5.74) is 3.34. The van der Waals surface area contributed by atoms with Crippen molar-refractivity contribution in [2.45, 2.75) is 19.9 Å². The van der Waals surface area contributed by atoms with Crippen molar-refractivity contribution >= 4 is 16.9 Å². The molecule has 0 unspecified atom stereocenters. The lowest BCUT2D eigenvalue weighted by molar-refractivity contribution is 0.0913. The Hall–Kier alpha value is -3.61. The molecule has 0 bridgehead atoms. The summed E-state index contributed by atoms with van der Waals surface area (Å²) < 4.78 is 12.7. The topological polar surface area (TPSA) is 82.2 Å². The summed E-state index contributed by atoms with van der Waals surface area (Å²) in [6.07, 6.45) is 3.13. The highest BCUT2D eigenvalue weighted by atomic mass is 16.5. The zero-order chi connectivity index (χ0) is 19.7. The zero-order valence-corrected chi connectivity index (χ0v) is 15.8. The first-order valence-corrected chi connectivity index (χ1v) is 8.90. The maximum absolute atomic E-state index is 12.8. The van der Waals surface area contributed by atoms with Gasteiger partial charge in [-0.2, -0.15) is 5.10 Å². The van der Waals surface area contributed by atoms with Crippen LogP contribution < -0.4 is 10.1 Å². The highest BCUT2D eigenvalue weighted by Crippen LogP contribution is 2.29. The molecule has 4 rings (SSSR count). The van der Waals surface area contributed by atoms with Gasteiger partial charge in [-0.25, -0.2) is 9.67 Å². The van der Waals surface area contributed by atoms with Crippen molar-refractivity contribution in [2.75, 3.05) is 7.11 Å². The number of aromatic nitrogens is 3. The Kier molecular flexibility index (Phi) is 4.57.